The molecule has 2 N–H and O–H groups in total. The highest BCUT2D eigenvalue weighted by Gasteiger charge is 2.15. The lowest BCUT2D eigenvalue weighted by molar-refractivity contribution is 0.888. The molecular weight excluding hydrogens is 432 g/mol. The molecule has 1 aromatic carbocycles. The van der Waals surface area contributed by atoms with Crippen LogP contribution < -0.4 is 5.73 Å². The molecule has 0 saturated carbocycles. The first-order valence-electron chi connectivity index (χ1n) is 4.95. The quantitative estimate of drug-likeness (QED) is 0.642. The fourth-order valence-electron chi connectivity index (χ4n) is 1.57. The van der Waals surface area contributed by atoms with Gasteiger partial charge in [0, 0.05) is 17.8 Å². The number of nitrogens with two attached hydrogens (primary N) is 1. The first-order valence-corrected chi connectivity index (χ1v) is 8.02. The zero-order valence-corrected chi connectivity index (χ0v) is 14.3. The molecule has 0 fully saturated rings. The highest BCUT2D eigenvalue weighted by atomic mass is 127. The molecule has 2 rings (SSSR count). The Morgan fingerprint density at radius 2 is 2.12 bits per heavy atom. The highest BCUT2D eigenvalue weighted by Crippen LogP contribution is 2.35. The topological polar surface area (TPSA) is 26.0 Å². The van der Waals surface area contributed by atoms with Gasteiger partial charge in [-0.15, -0.1) is 11.3 Å². The van der Waals surface area contributed by atoms with Crippen LogP contribution in [0.15, 0.2) is 28.7 Å². The van der Waals surface area contributed by atoms with E-state index in [4.69, 9.17) is 17.3 Å². The molecule has 0 spiro atoms. The summed E-state index contributed by atoms with van der Waals surface area (Å²) in [6.45, 7) is 2.08. The van der Waals surface area contributed by atoms with Crippen molar-refractivity contribution in [3.05, 3.63) is 52.6 Å². The number of benzene rings is 1. The molecular formula is C12H10BrClINS. The predicted octanol–water partition coefficient (Wildman–Crippen LogP) is 5.13. The maximum atomic E-state index is 6.27. The number of rotatable bonds is 2. The second-order valence-electron chi connectivity index (χ2n) is 3.72. The van der Waals surface area contributed by atoms with E-state index in [1.165, 1.54) is 4.88 Å². The molecule has 0 aliphatic heterocycles. The van der Waals surface area contributed by atoms with Crippen LogP contribution in [0.5, 0.6) is 0 Å². The van der Waals surface area contributed by atoms with Crippen molar-refractivity contribution in [2.45, 2.75) is 13.0 Å². The van der Waals surface area contributed by atoms with Crippen LogP contribution in [-0.2, 0) is 0 Å². The molecule has 0 saturated heterocycles. The van der Waals surface area contributed by atoms with Gasteiger partial charge < -0.3 is 5.73 Å². The third-order valence-electron chi connectivity index (χ3n) is 2.42. The Labute approximate surface area is 132 Å². The number of halogens is 3. The first-order chi connectivity index (χ1) is 7.99. The molecule has 1 nitrogen and oxygen atoms in total. The second kappa shape index (κ2) is 5.57. The van der Waals surface area contributed by atoms with Crippen LogP contribution in [0.25, 0.3) is 0 Å². The van der Waals surface area contributed by atoms with E-state index in [9.17, 15) is 0 Å². The smallest absolute Gasteiger partial charge is 0.0658 e. The number of aryl methyl sites for hydroxylation is 1. The minimum Gasteiger partial charge on any atom is -0.320 e. The van der Waals surface area contributed by atoms with Gasteiger partial charge >= 0.3 is 0 Å². The van der Waals surface area contributed by atoms with Crippen molar-refractivity contribution in [2.24, 2.45) is 5.73 Å². The summed E-state index contributed by atoms with van der Waals surface area (Å²) in [6.07, 6.45) is 0. The molecule has 2 aromatic rings. The van der Waals surface area contributed by atoms with E-state index in [1.54, 1.807) is 11.3 Å². The van der Waals surface area contributed by atoms with E-state index in [0.29, 0.717) is 0 Å². The zero-order valence-electron chi connectivity index (χ0n) is 9.01. The maximum absolute atomic E-state index is 6.27. The summed E-state index contributed by atoms with van der Waals surface area (Å²) in [5.74, 6) is 0. The molecule has 1 unspecified atom stereocenters. The highest BCUT2D eigenvalue weighted by molar-refractivity contribution is 14.1. The average molecular weight is 443 g/mol. The summed E-state index contributed by atoms with van der Waals surface area (Å²) in [4.78, 5) is 2.39. The Kier molecular flexibility index (Phi) is 4.52. The minimum absolute atomic E-state index is 0.127. The summed E-state index contributed by atoms with van der Waals surface area (Å²) in [5, 5.41) is 0.753. The van der Waals surface area contributed by atoms with Gasteiger partial charge in [0.05, 0.1) is 11.1 Å². The SMILES string of the molecule is Cc1cc(Br)c(C(N)c2ccc(I)c(Cl)c2)s1. The Morgan fingerprint density at radius 1 is 1.41 bits per heavy atom. The molecule has 17 heavy (non-hydrogen) atoms. The number of thiophene rings is 1. The molecule has 1 heterocycles. The lowest BCUT2D eigenvalue weighted by Crippen LogP contribution is -2.10. The molecule has 0 radical (unpaired) electrons. The van der Waals surface area contributed by atoms with Crippen molar-refractivity contribution in [1.82, 2.24) is 0 Å². The van der Waals surface area contributed by atoms with E-state index in [-0.39, 0.29) is 6.04 Å². The molecule has 0 aliphatic rings. The van der Waals surface area contributed by atoms with E-state index in [2.05, 4.69) is 51.5 Å². The van der Waals surface area contributed by atoms with Gasteiger partial charge in [-0.3, -0.25) is 0 Å². The molecule has 0 bridgehead atoms. The fraction of sp³-hybridized carbons (Fsp3) is 0.167. The van der Waals surface area contributed by atoms with Crippen molar-refractivity contribution in [2.75, 3.05) is 0 Å². The first kappa shape index (κ1) is 13.8. The summed E-state index contributed by atoms with van der Waals surface area (Å²) >= 11 is 13.6. The Bertz CT molecular complexity index is 555. The van der Waals surface area contributed by atoms with Crippen LogP contribution in [-0.4, -0.2) is 0 Å². The molecule has 1 aromatic heterocycles. The van der Waals surface area contributed by atoms with Crippen LogP contribution in [0.4, 0.5) is 0 Å². The van der Waals surface area contributed by atoms with Crippen LogP contribution in [0, 0.1) is 10.5 Å². The van der Waals surface area contributed by atoms with Crippen molar-refractivity contribution < 1.29 is 0 Å². The monoisotopic (exact) mass is 441 g/mol. The van der Waals surface area contributed by atoms with Gasteiger partial charge in [0.1, 0.15) is 0 Å². The third-order valence-corrected chi connectivity index (χ3v) is 6.05. The lowest BCUT2D eigenvalue weighted by Gasteiger charge is -2.12. The molecule has 0 amide bonds. The Balaban J connectivity index is 2.40. The summed E-state index contributed by atoms with van der Waals surface area (Å²) in [6, 6.07) is 7.92. The van der Waals surface area contributed by atoms with Gasteiger partial charge in [-0.05, 0) is 69.2 Å². The standard InChI is InChI=1S/C12H10BrClINS/c1-6-4-8(13)12(17-6)11(16)7-2-3-10(15)9(14)5-7/h2-5,11H,16H2,1H3. The molecule has 0 aliphatic carbocycles. The van der Waals surface area contributed by atoms with Crippen LogP contribution >= 0.6 is 61.5 Å². The number of hydrogen-bond acceptors (Lipinski definition) is 2. The zero-order chi connectivity index (χ0) is 12.6. The molecule has 1 atom stereocenters. The average Bonchev–Trinajstić information content (AvgIpc) is 2.61. The summed E-state index contributed by atoms with van der Waals surface area (Å²) < 4.78 is 2.11. The Hall–Kier alpha value is 0.380. The van der Waals surface area contributed by atoms with Crippen LogP contribution in [0.1, 0.15) is 21.4 Å². The van der Waals surface area contributed by atoms with E-state index >= 15 is 0 Å². The molecule has 5 heteroatoms. The van der Waals surface area contributed by atoms with Gasteiger partial charge in [0.2, 0.25) is 0 Å². The van der Waals surface area contributed by atoms with Crippen molar-refractivity contribution in [3.8, 4) is 0 Å². The number of hydrogen-bond donors (Lipinski definition) is 1. The van der Waals surface area contributed by atoms with Gasteiger partial charge in [0.25, 0.3) is 0 Å². The summed E-state index contributed by atoms with van der Waals surface area (Å²) in [7, 11) is 0. The van der Waals surface area contributed by atoms with Gasteiger partial charge in [-0.25, -0.2) is 0 Å². The fourth-order valence-corrected chi connectivity index (χ4v) is 4.02. The maximum Gasteiger partial charge on any atom is 0.0658 e. The minimum atomic E-state index is -0.127. The normalized spacial score (nSPS) is 12.8. The predicted molar refractivity (Wildman–Crippen MR) is 87.0 cm³/mol. The lowest BCUT2D eigenvalue weighted by atomic mass is 10.1. The van der Waals surface area contributed by atoms with Gasteiger partial charge in [-0.1, -0.05) is 17.7 Å². The van der Waals surface area contributed by atoms with Crippen LogP contribution in [0.2, 0.25) is 5.02 Å². The van der Waals surface area contributed by atoms with Crippen LogP contribution in [0.3, 0.4) is 0 Å². The van der Waals surface area contributed by atoms with Gasteiger partial charge in [-0.2, -0.15) is 0 Å². The van der Waals surface area contributed by atoms with Crippen molar-refractivity contribution in [1.29, 1.82) is 0 Å². The third kappa shape index (κ3) is 3.04. The van der Waals surface area contributed by atoms with E-state index in [1.807, 2.05) is 18.2 Å². The van der Waals surface area contributed by atoms with Crippen molar-refractivity contribution in [3.63, 3.8) is 0 Å². The molecule has 90 valence electrons. The second-order valence-corrected chi connectivity index (χ2v) is 7.43. The van der Waals surface area contributed by atoms with E-state index < -0.39 is 0 Å². The van der Waals surface area contributed by atoms with Gasteiger partial charge in [0.15, 0.2) is 0 Å². The van der Waals surface area contributed by atoms with Crippen molar-refractivity contribution >= 4 is 61.5 Å². The van der Waals surface area contributed by atoms with E-state index in [0.717, 1.165) is 23.5 Å². The summed E-state index contributed by atoms with van der Waals surface area (Å²) in [5.41, 5.74) is 7.31. The largest absolute Gasteiger partial charge is 0.320 e. The Morgan fingerprint density at radius 3 is 2.65 bits per heavy atom.